The number of aromatic amines is 1. The Labute approximate surface area is 142 Å². The molecule has 2 amide bonds. The molecule has 0 bridgehead atoms. The van der Waals surface area contributed by atoms with Crippen molar-refractivity contribution in [3.05, 3.63) is 40.3 Å². The van der Waals surface area contributed by atoms with Crippen molar-refractivity contribution in [3.8, 4) is 0 Å². The van der Waals surface area contributed by atoms with Crippen LogP contribution in [0.3, 0.4) is 0 Å². The van der Waals surface area contributed by atoms with Crippen LogP contribution >= 0.6 is 0 Å². The van der Waals surface area contributed by atoms with Crippen molar-refractivity contribution in [2.75, 3.05) is 32.8 Å². The Bertz CT molecular complexity index is 870. The normalized spacial score (nSPS) is 14.4. The van der Waals surface area contributed by atoms with Crippen molar-refractivity contribution >= 4 is 29.1 Å². The first-order valence-corrected chi connectivity index (χ1v) is 7.72. The summed E-state index contributed by atoms with van der Waals surface area (Å²) in [6, 6.07) is 6.52. The number of benzene rings is 1. The monoisotopic (exact) mass is 344 g/mol. The van der Waals surface area contributed by atoms with Crippen LogP contribution < -0.4 is 5.56 Å². The molecular formula is C16H16N4O5. The third kappa shape index (κ3) is 3.49. The number of amides is 2. The Hall–Kier alpha value is -3.23. The lowest BCUT2D eigenvalue weighted by Gasteiger charge is -2.32. The van der Waals surface area contributed by atoms with Gasteiger partial charge in [0.05, 0.1) is 5.39 Å². The largest absolute Gasteiger partial charge is 0.451 e. The number of piperazine rings is 1. The van der Waals surface area contributed by atoms with E-state index < -0.39 is 18.1 Å². The molecule has 1 aromatic heterocycles. The smallest absolute Gasteiger partial charge is 0.359 e. The Kier molecular flexibility index (Phi) is 4.73. The second-order valence-electron chi connectivity index (χ2n) is 5.55. The highest BCUT2D eigenvalue weighted by molar-refractivity contribution is 6.02. The van der Waals surface area contributed by atoms with Gasteiger partial charge in [-0.25, -0.2) is 9.89 Å². The van der Waals surface area contributed by atoms with Crippen molar-refractivity contribution in [3.63, 3.8) is 0 Å². The van der Waals surface area contributed by atoms with Gasteiger partial charge in [-0.2, -0.15) is 5.10 Å². The molecule has 2 aromatic rings. The van der Waals surface area contributed by atoms with Gasteiger partial charge in [0, 0.05) is 31.6 Å². The third-order valence-corrected chi connectivity index (χ3v) is 4.03. The van der Waals surface area contributed by atoms with Crippen LogP contribution in [0, 0.1) is 0 Å². The van der Waals surface area contributed by atoms with Crippen LogP contribution in [0.4, 0.5) is 0 Å². The summed E-state index contributed by atoms with van der Waals surface area (Å²) in [7, 11) is 0. The summed E-state index contributed by atoms with van der Waals surface area (Å²) in [5.41, 5.74) is -0.454. The van der Waals surface area contributed by atoms with Gasteiger partial charge in [0.1, 0.15) is 0 Å². The number of rotatable bonds is 4. The first-order valence-electron chi connectivity index (χ1n) is 7.72. The topological polar surface area (TPSA) is 113 Å². The fraction of sp³-hybridized carbons (Fsp3) is 0.312. The summed E-state index contributed by atoms with van der Waals surface area (Å²) in [6.07, 6.45) is 0.745. The van der Waals surface area contributed by atoms with Crippen LogP contribution in [0.15, 0.2) is 29.1 Å². The molecule has 1 aliphatic rings. The predicted molar refractivity (Wildman–Crippen MR) is 86.9 cm³/mol. The van der Waals surface area contributed by atoms with Gasteiger partial charge in [-0.05, 0) is 6.07 Å². The van der Waals surface area contributed by atoms with Gasteiger partial charge < -0.3 is 14.5 Å². The van der Waals surface area contributed by atoms with Gasteiger partial charge >= 0.3 is 5.97 Å². The van der Waals surface area contributed by atoms with E-state index >= 15 is 0 Å². The van der Waals surface area contributed by atoms with Gasteiger partial charge in [-0.1, -0.05) is 18.2 Å². The first-order chi connectivity index (χ1) is 12.1. The van der Waals surface area contributed by atoms with Crippen molar-refractivity contribution in [2.45, 2.75) is 0 Å². The zero-order chi connectivity index (χ0) is 17.8. The fourth-order valence-electron chi connectivity index (χ4n) is 2.63. The van der Waals surface area contributed by atoms with Crippen molar-refractivity contribution in [1.29, 1.82) is 0 Å². The Morgan fingerprint density at radius 2 is 1.84 bits per heavy atom. The standard InChI is InChI=1S/C16H16N4O5/c21-10-19-5-7-20(8-6-19)13(22)9-25-16(24)14-11-3-1-2-4-12(11)15(23)18-17-14/h1-4,10H,5-9H2,(H,18,23). The number of aromatic nitrogens is 2. The zero-order valence-corrected chi connectivity index (χ0v) is 13.3. The summed E-state index contributed by atoms with van der Waals surface area (Å²) < 4.78 is 5.05. The van der Waals surface area contributed by atoms with E-state index in [2.05, 4.69) is 10.2 Å². The molecule has 2 heterocycles. The maximum Gasteiger partial charge on any atom is 0.359 e. The van der Waals surface area contributed by atoms with Gasteiger partial charge in [-0.3, -0.25) is 14.4 Å². The number of hydrogen-bond donors (Lipinski definition) is 1. The van der Waals surface area contributed by atoms with Crippen LogP contribution in [-0.4, -0.2) is 71.1 Å². The summed E-state index contributed by atoms with van der Waals surface area (Å²) in [6.45, 7) is 1.28. The molecule has 1 aliphatic heterocycles. The third-order valence-electron chi connectivity index (χ3n) is 4.03. The van der Waals surface area contributed by atoms with Gasteiger partial charge in [0.15, 0.2) is 12.3 Å². The lowest BCUT2D eigenvalue weighted by molar-refractivity contribution is -0.138. The Morgan fingerprint density at radius 1 is 1.16 bits per heavy atom. The molecule has 0 spiro atoms. The molecule has 25 heavy (non-hydrogen) atoms. The highest BCUT2D eigenvalue weighted by atomic mass is 16.5. The highest BCUT2D eigenvalue weighted by Gasteiger charge is 2.22. The highest BCUT2D eigenvalue weighted by Crippen LogP contribution is 2.13. The van der Waals surface area contributed by atoms with Crippen LogP contribution in [0.2, 0.25) is 0 Å². The maximum absolute atomic E-state index is 12.2. The average Bonchev–Trinajstić information content (AvgIpc) is 2.66. The molecule has 9 heteroatoms. The quantitative estimate of drug-likeness (QED) is 0.584. The molecule has 0 atom stereocenters. The molecule has 1 aromatic carbocycles. The average molecular weight is 344 g/mol. The second kappa shape index (κ2) is 7.12. The molecule has 130 valence electrons. The first kappa shape index (κ1) is 16.6. The maximum atomic E-state index is 12.2. The van der Waals surface area contributed by atoms with Gasteiger partial charge in [0.2, 0.25) is 6.41 Å². The minimum Gasteiger partial charge on any atom is -0.451 e. The molecule has 1 saturated heterocycles. The molecule has 0 saturated carbocycles. The summed E-state index contributed by atoms with van der Waals surface area (Å²) >= 11 is 0. The number of fused-ring (bicyclic) bond motifs is 1. The van der Waals surface area contributed by atoms with E-state index in [1.165, 1.54) is 4.90 Å². The molecule has 0 unspecified atom stereocenters. The molecule has 0 radical (unpaired) electrons. The lowest BCUT2D eigenvalue weighted by atomic mass is 10.1. The predicted octanol–water partition coefficient (Wildman–Crippen LogP) is -0.619. The van der Waals surface area contributed by atoms with Crippen LogP contribution in [0.25, 0.3) is 10.8 Å². The van der Waals surface area contributed by atoms with E-state index in [4.69, 9.17) is 4.74 Å². The number of esters is 1. The number of nitrogens with zero attached hydrogens (tertiary/aromatic N) is 3. The minimum absolute atomic E-state index is 0.0474. The number of carbonyl (C=O) groups is 3. The van der Waals surface area contributed by atoms with E-state index in [0.29, 0.717) is 37.0 Å². The summed E-state index contributed by atoms with van der Waals surface area (Å²) in [5, 5.41) is 6.67. The Balaban J connectivity index is 1.65. The lowest BCUT2D eigenvalue weighted by Crippen LogP contribution is -2.49. The van der Waals surface area contributed by atoms with E-state index in [1.54, 1.807) is 29.2 Å². The minimum atomic E-state index is -0.785. The number of carbonyl (C=O) groups excluding carboxylic acids is 3. The Morgan fingerprint density at radius 3 is 2.52 bits per heavy atom. The van der Waals surface area contributed by atoms with E-state index in [0.717, 1.165) is 6.41 Å². The zero-order valence-electron chi connectivity index (χ0n) is 13.3. The molecule has 9 nitrogen and oxygen atoms in total. The number of ether oxygens (including phenoxy) is 1. The SMILES string of the molecule is O=CN1CCN(C(=O)COC(=O)c2n[nH]c(=O)c3ccccc23)CC1. The second-order valence-corrected chi connectivity index (χ2v) is 5.55. The summed E-state index contributed by atoms with van der Waals surface area (Å²) in [4.78, 5) is 49.8. The molecule has 3 rings (SSSR count). The summed E-state index contributed by atoms with van der Waals surface area (Å²) in [5.74, 6) is -1.13. The van der Waals surface area contributed by atoms with Gasteiger partial charge in [-0.15, -0.1) is 0 Å². The van der Waals surface area contributed by atoms with Crippen LogP contribution in [0.5, 0.6) is 0 Å². The fourth-order valence-corrected chi connectivity index (χ4v) is 2.63. The molecular weight excluding hydrogens is 328 g/mol. The van der Waals surface area contributed by atoms with Crippen LogP contribution in [-0.2, 0) is 14.3 Å². The van der Waals surface area contributed by atoms with Crippen molar-refractivity contribution < 1.29 is 19.1 Å². The van der Waals surface area contributed by atoms with Crippen molar-refractivity contribution in [1.82, 2.24) is 20.0 Å². The number of nitrogens with one attached hydrogen (secondary N) is 1. The number of H-pyrrole nitrogens is 1. The number of hydrogen-bond acceptors (Lipinski definition) is 6. The molecule has 1 fully saturated rings. The van der Waals surface area contributed by atoms with Crippen molar-refractivity contribution in [2.24, 2.45) is 0 Å². The van der Waals surface area contributed by atoms with Gasteiger partial charge in [0.25, 0.3) is 11.5 Å². The molecule has 1 N–H and O–H groups in total. The van der Waals surface area contributed by atoms with E-state index in [-0.39, 0.29) is 11.6 Å². The van der Waals surface area contributed by atoms with E-state index in [1.807, 2.05) is 0 Å². The van der Waals surface area contributed by atoms with E-state index in [9.17, 15) is 19.2 Å². The molecule has 0 aliphatic carbocycles. The van der Waals surface area contributed by atoms with Crippen LogP contribution in [0.1, 0.15) is 10.5 Å².